The summed E-state index contributed by atoms with van der Waals surface area (Å²) in [4.78, 5) is 11.5. The molecule has 72 valence electrons. The van der Waals surface area contributed by atoms with Crippen LogP contribution in [0.4, 0.5) is 0 Å². The highest BCUT2D eigenvalue weighted by atomic mass is 16.3. The van der Waals surface area contributed by atoms with Crippen molar-refractivity contribution in [1.29, 1.82) is 0 Å². The molecule has 0 aliphatic rings. The molecule has 1 rings (SSSR count). The maximum atomic E-state index is 11.5. The van der Waals surface area contributed by atoms with Crippen LogP contribution >= 0.6 is 0 Å². The first-order chi connectivity index (χ1) is 5.82. The summed E-state index contributed by atoms with van der Waals surface area (Å²) in [7, 11) is 1.57. The Labute approximate surface area is 76.8 Å². The minimum absolute atomic E-state index is 0.252. The zero-order valence-electron chi connectivity index (χ0n) is 8.33. The number of hydrogen-bond acceptors (Lipinski definition) is 3. The van der Waals surface area contributed by atoms with Crippen molar-refractivity contribution in [2.75, 3.05) is 0 Å². The molecule has 0 fully saturated rings. The number of aliphatic hydroxyl groups is 1. The SMILES string of the molecule is Cc1cc(C(C)(C)O)c(=O)n(C)n1. The van der Waals surface area contributed by atoms with E-state index in [2.05, 4.69) is 5.10 Å². The van der Waals surface area contributed by atoms with Crippen LogP contribution in [0.5, 0.6) is 0 Å². The molecule has 13 heavy (non-hydrogen) atoms. The molecule has 0 atom stereocenters. The van der Waals surface area contributed by atoms with Crippen LogP contribution in [0.1, 0.15) is 25.1 Å². The second-order valence-electron chi connectivity index (χ2n) is 3.69. The molecule has 4 heteroatoms. The lowest BCUT2D eigenvalue weighted by atomic mass is 10.00. The molecule has 0 saturated carbocycles. The van der Waals surface area contributed by atoms with E-state index in [-0.39, 0.29) is 5.56 Å². The van der Waals surface area contributed by atoms with E-state index in [9.17, 15) is 9.90 Å². The van der Waals surface area contributed by atoms with Crippen molar-refractivity contribution in [3.8, 4) is 0 Å². The Morgan fingerprint density at radius 2 is 2.08 bits per heavy atom. The lowest BCUT2D eigenvalue weighted by Crippen LogP contribution is -2.32. The van der Waals surface area contributed by atoms with Gasteiger partial charge in [0.2, 0.25) is 0 Å². The van der Waals surface area contributed by atoms with Gasteiger partial charge in [-0.2, -0.15) is 5.10 Å². The summed E-state index contributed by atoms with van der Waals surface area (Å²) < 4.78 is 1.24. The first kappa shape index (κ1) is 9.92. The van der Waals surface area contributed by atoms with Crippen molar-refractivity contribution in [3.63, 3.8) is 0 Å². The molecule has 1 N–H and O–H groups in total. The van der Waals surface area contributed by atoms with Crippen LogP contribution in [0.25, 0.3) is 0 Å². The van der Waals surface area contributed by atoms with E-state index in [0.29, 0.717) is 5.56 Å². The molecule has 1 aromatic rings. The Morgan fingerprint density at radius 3 is 2.54 bits per heavy atom. The van der Waals surface area contributed by atoms with Gasteiger partial charge >= 0.3 is 0 Å². The highest BCUT2D eigenvalue weighted by Gasteiger charge is 2.21. The predicted octanol–water partition coefficient (Wildman–Crippen LogP) is 0.316. The largest absolute Gasteiger partial charge is 0.386 e. The molecule has 0 amide bonds. The third-order valence-electron chi connectivity index (χ3n) is 1.84. The third kappa shape index (κ3) is 1.95. The van der Waals surface area contributed by atoms with E-state index >= 15 is 0 Å². The van der Waals surface area contributed by atoms with Crippen molar-refractivity contribution < 1.29 is 5.11 Å². The van der Waals surface area contributed by atoms with Gasteiger partial charge in [-0.25, -0.2) is 4.68 Å². The Morgan fingerprint density at radius 1 is 1.54 bits per heavy atom. The second-order valence-corrected chi connectivity index (χ2v) is 3.69. The summed E-state index contributed by atoms with van der Waals surface area (Å²) in [6, 6.07) is 1.61. The van der Waals surface area contributed by atoms with E-state index < -0.39 is 5.60 Å². The molecule has 1 heterocycles. The molecule has 0 aliphatic carbocycles. The quantitative estimate of drug-likeness (QED) is 0.680. The van der Waals surface area contributed by atoms with Gasteiger partial charge in [-0.3, -0.25) is 4.79 Å². The normalized spacial score (nSPS) is 11.8. The van der Waals surface area contributed by atoms with Crippen LogP contribution in [-0.2, 0) is 12.6 Å². The van der Waals surface area contributed by atoms with E-state index in [4.69, 9.17) is 0 Å². The lowest BCUT2D eigenvalue weighted by molar-refractivity contribution is 0.0761. The fraction of sp³-hybridized carbons (Fsp3) is 0.556. The number of rotatable bonds is 1. The lowest BCUT2D eigenvalue weighted by Gasteiger charge is -2.17. The number of aryl methyl sites for hydroxylation is 2. The Hall–Kier alpha value is -1.16. The van der Waals surface area contributed by atoms with Crippen LogP contribution in [-0.4, -0.2) is 14.9 Å². The molecule has 0 aliphatic heterocycles. The minimum atomic E-state index is -1.11. The standard InChI is InChI=1S/C9H14N2O2/c1-6-5-7(9(2,3)13)8(12)11(4)10-6/h5,13H,1-4H3. The van der Waals surface area contributed by atoms with Gasteiger partial charge in [0.25, 0.3) is 5.56 Å². The van der Waals surface area contributed by atoms with Crippen LogP contribution in [0.15, 0.2) is 10.9 Å². The first-order valence-corrected chi connectivity index (χ1v) is 4.10. The fourth-order valence-corrected chi connectivity index (χ4v) is 1.19. The zero-order valence-corrected chi connectivity index (χ0v) is 8.33. The van der Waals surface area contributed by atoms with Crippen molar-refractivity contribution >= 4 is 0 Å². The van der Waals surface area contributed by atoms with E-state index in [1.165, 1.54) is 4.68 Å². The molecule has 0 spiro atoms. The van der Waals surface area contributed by atoms with E-state index in [1.54, 1.807) is 33.9 Å². The van der Waals surface area contributed by atoms with Crippen LogP contribution in [0.3, 0.4) is 0 Å². The van der Waals surface area contributed by atoms with Gasteiger partial charge in [-0.1, -0.05) is 0 Å². The van der Waals surface area contributed by atoms with Crippen LogP contribution in [0, 0.1) is 6.92 Å². The number of hydrogen-bond donors (Lipinski definition) is 1. The van der Waals surface area contributed by atoms with Gasteiger partial charge in [-0.05, 0) is 26.8 Å². The summed E-state index contributed by atoms with van der Waals surface area (Å²) in [6.45, 7) is 4.96. The maximum Gasteiger partial charge on any atom is 0.272 e. The highest BCUT2D eigenvalue weighted by Crippen LogP contribution is 2.15. The first-order valence-electron chi connectivity index (χ1n) is 4.10. The fourth-order valence-electron chi connectivity index (χ4n) is 1.19. The topological polar surface area (TPSA) is 55.1 Å². The summed E-state index contributed by atoms with van der Waals surface area (Å²) in [5.74, 6) is 0. The third-order valence-corrected chi connectivity index (χ3v) is 1.84. The molecular weight excluding hydrogens is 168 g/mol. The number of nitrogens with zero attached hydrogens (tertiary/aromatic N) is 2. The van der Waals surface area contributed by atoms with Crippen molar-refractivity contribution in [1.82, 2.24) is 9.78 Å². The van der Waals surface area contributed by atoms with E-state index in [0.717, 1.165) is 5.69 Å². The predicted molar refractivity (Wildman–Crippen MR) is 49.5 cm³/mol. The Balaban J connectivity index is 3.47. The van der Waals surface area contributed by atoms with Gasteiger partial charge in [-0.15, -0.1) is 0 Å². The van der Waals surface area contributed by atoms with Gasteiger partial charge in [0.15, 0.2) is 0 Å². The highest BCUT2D eigenvalue weighted by molar-refractivity contribution is 5.18. The average Bonchev–Trinajstić information content (AvgIpc) is 1.94. The smallest absolute Gasteiger partial charge is 0.272 e. The molecule has 0 unspecified atom stereocenters. The summed E-state index contributed by atoms with van der Waals surface area (Å²) in [6.07, 6.45) is 0. The molecule has 0 radical (unpaired) electrons. The summed E-state index contributed by atoms with van der Waals surface area (Å²) in [5.41, 5.74) is -0.262. The van der Waals surface area contributed by atoms with Crippen LogP contribution in [0.2, 0.25) is 0 Å². The van der Waals surface area contributed by atoms with Gasteiger partial charge in [0, 0.05) is 7.05 Å². The number of aromatic nitrogens is 2. The molecule has 0 saturated heterocycles. The van der Waals surface area contributed by atoms with Gasteiger partial charge < -0.3 is 5.11 Å². The van der Waals surface area contributed by atoms with Crippen molar-refractivity contribution in [2.24, 2.45) is 7.05 Å². The van der Waals surface area contributed by atoms with Crippen molar-refractivity contribution in [2.45, 2.75) is 26.4 Å². The molecular formula is C9H14N2O2. The minimum Gasteiger partial charge on any atom is -0.386 e. The molecule has 0 bridgehead atoms. The van der Waals surface area contributed by atoms with Crippen LogP contribution < -0.4 is 5.56 Å². The summed E-state index contributed by atoms with van der Waals surface area (Å²) >= 11 is 0. The summed E-state index contributed by atoms with van der Waals surface area (Å²) in [5, 5.41) is 13.6. The van der Waals surface area contributed by atoms with Gasteiger partial charge in [0.05, 0.1) is 16.9 Å². The zero-order chi connectivity index (χ0) is 10.2. The average molecular weight is 182 g/mol. The van der Waals surface area contributed by atoms with E-state index in [1.807, 2.05) is 0 Å². The molecule has 4 nitrogen and oxygen atoms in total. The van der Waals surface area contributed by atoms with Crippen molar-refractivity contribution in [3.05, 3.63) is 27.7 Å². The second kappa shape index (κ2) is 2.96. The maximum absolute atomic E-state index is 11.5. The molecule has 0 aromatic carbocycles. The Kier molecular flexibility index (Phi) is 2.26. The molecule has 1 aromatic heterocycles. The Bertz CT molecular complexity index is 374. The van der Waals surface area contributed by atoms with Gasteiger partial charge in [0.1, 0.15) is 0 Å². The monoisotopic (exact) mass is 182 g/mol.